The molecule has 9 heteroatoms. The summed E-state index contributed by atoms with van der Waals surface area (Å²) in [6.45, 7) is 0. The molecule has 1 saturated carbocycles. The van der Waals surface area contributed by atoms with Gasteiger partial charge in [-0.3, -0.25) is 0 Å². The highest BCUT2D eigenvalue weighted by molar-refractivity contribution is 6.39. The first-order valence-electron chi connectivity index (χ1n) is 12.6. The molecule has 1 aromatic heterocycles. The Kier molecular flexibility index (Phi) is 6.37. The van der Waals surface area contributed by atoms with Crippen molar-refractivity contribution in [3.63, 3.8) is 0 Å². The molecule has 7 nitrogen and oxygen atoms in total. The Hall–Kier alpha value is -3.03. The van der Waals surface area contributed by atoms with Crippen LogP contribution in [0.25, 0.3) is 11.3 Å². The summed E-state index contributed by atoms with van der Waals surface area (Å²) >= 11 is 12.9. The van der Waals surface area contributed by atoms with Gasteiger partial charge in [0.15, 0.2) is 5.76 Å². The Labute approximate surface area is 224 Å². The zero-order valence-electron chi connectivity index (χ0n) is 20.3. The van der Waals surface area contributed by atoms with Crippen molar-refractivity contribution < 1.29 is 23.6 Å². The molecule has 3 fully saturated rings. The first-order valence-corrected chi connectivity index (χ1v) is 13.3. The molecule has 2 aliphatic heterocycles. The molecule has 6 rings (SSSR count). The third-order valence-corrected chi connectivity index (χ3v) is 8.25. The molecule has 0 spiro atoms. The van der Waals surface area contributed by atoms with Crippen molar-refractivity contribution in [2.45, 2.75) is 62.6 Å². The van der Waals surface area contributed by atoms with E-state index in [-0.39, 0.29) is 30.1 Å². The van der Waals surface area contributed by atoms with E-state index in [0.29, 0.717) is 38.2 Å². The van der Waals surface area contributed by atoms with Crippen LogP contribution >= 0.6 is 23.2 Å². The molecule has 1 aliphatic carbocycles. The largest absolute Gasteiger partial charge is 0.465 e. The highest BCUT2D eigenvalue weighted by Gasteiger charge is 2.43. The molecule has 3 heterocycles. The number of esters is 2. The molecule has 3 atom stereocenters. The van der Waals surface area contributed by atoms with Crippen molar-refractivity contribution in [2.75, 3.05) is 12.0 Å². The Balaban J connectivity index is 1.22. The van der Waals surface area contributed by atoms with Crippen LogP contribution in [0, 0.1) is 0 Å². The molecular formula is C28H26Cl2N2O5. The van der Waals surface area contributed by atoms with Gasteiger partial charge in [0.05, 0.1) is 22.7 Å². The van der Waals surface area contributed by atoms with Crippen LogP contribution in [0.1, 0.15) is 70.9 Å². The maximum atomic E-state index is 13.6. The van der Waals surface area contributed by atoms with Gasteiger partial charge >= 0.3 is 11.9 Å². The number of ether oxygens (including phenoxy) is 2. The summed E-state index contributed by atoms with van der Waals surface area (Å²) in [6, 6.07) is 13.2. The molecule has 2 saturated heterocycles. The smallest absolute Gasteiger partial charge is 0.344 e. The lowest BCUT2D eigenvalue weighted by molar-refractivity contribution is 0.0202. The number of methoxy groups -OCH3 is 1. The fourth-order valence-corrected chi connectivity index (χ4v) is 6.34. The molecular weight excluding hydrogens is 515 g/mol. The first kappa shape index (κ1) is 24.3. The fraction of sp³-hybridized carbons (Fsp3) is 0.393. The van der Waals surface area contributed by atoms with Crippen LogP contribution in [0.3, 0.4) is 0 Å². The fourth-order valence-electron chi connectivity index (χ4n) is 5.76. The monoisotopic (exact) mass is 540 g/mol. The van der Waals surface area contributed by atoms with Crippen molar-refractivity contribution in [2.24, 2.45) is 0 Å². The van der Waals surface area contributed by atoms with Crippen LogP contribution in [0.15, 0.2) is 47.0 Å². The normalized spacial score (nSPS) is 22.7. The number of rotatable bonds is 6. The first-order chi connectivity index (χ1) is 17.9. The number of carbonyl (C=O) groups is 2. The standard InChI is InChI=1S/C28H26Cl2N2O5/c1-35-27(33)16-7-9-17(10-8-16)32-18-11-12-19(32)14-20(13-18)36-28(34)24-25(31-37-26(24)15-5-6-15)23-21(29)3-2-4-22(23)30/h2-4,7-10,15,18-20H,5-6,11-14H2,1H3/t18-,19+,20-. The number of benzene rings is 2. The molecule has 3 aromatic rings. The van der Waals surface area contributed by atoms with Gasteiger partial charge in [0.1, 0.15) is 17.4 Å². The van der Waals surface area contributed by atoms with Crippen LogP contribution in [0.4, 0.5) is 5.69 Å². The van der Waals surface area contributed by atoms with Crippen LogP contribution in [-0.2, 0) is 9.47 Å². The number of piperidine rings is 1. The predicted molar refractivity (Wildman–Crippen MR) is 139 cm³/mol. The number of anilines is 1. The average Bonchev–Trinajstić information content (AvgIpc) is 3.59. The summed E-state index contributed by atoms with van der Waals surface area (Å²) in [7, 11) is 1.38. The number of carbonyl (C=O) groups excluding carboxylic acids is 2. The van der Waals surface area contributed by atoms with E-state index in [0.717, 1.165) is 44.2 Å². The lowest BCUT2D eigenvalue weighted by Gasteiger charge is -2.40. The Morgan fingerprint density at radius 2 is 1.59 bits per heavy atom. The lowest BCUT2D eigenvalue weighted by Crippen LogP contribution is -2.46. The molecule has 2 aromatic carbocycles. The second kappa shape index (κ2) is 9.69. The summed E-state index contributed by atoms with van der Waals surface area (Å²) in [4.78, 5) is 27.8. The summed E-state index contributed by atoms with van der Waals surface area (Å²) in [6.07, 6.45) is 5.19. The summed E-state index contributed by atoms with van der Waals surface area (Å²) in [5, 5.41) is 5.03. The molecule has 0 unspecified atom stereocenters. The van der Waals surface area contributed by atoms with E-state index in [1.54, 1.807) is 30.3 Å². The van der Waals surface area contributed by atoms with E-state index in [4.69, 9.17) is 37.2 Å². The van der Waals surface area contributed by atoms with E-state index in [1.165, 1.54) is 7.11 Å². The molecule has 0 amide bonds. The third kappa shape index (κ3) is 4.48. The van der Waals surface area contributed by atoms with E-state index < -0.39 is 5.97 Å². The van der Waals surface area contributed by atoms with Crippen LogP contribution in [0.5, 0.6) is 0 Å². The Morgan fingerprint density at radius 1 is 0.946 bits per heavy atom. The van der Waals surface area contributed by atoms with Crippen LogP contribution in [0.2, 0.25) is 10.0 Å². The SMILES string of the molecule is COC(=O)c1ccc(N2[C@@H]3CC[C@H]2C[C@H](OC(=O)c2c(-c4c(Cl)cccc4Cl)noc2C2CC2)C3)cc1. The molecule has 2 bridgehead atoms. The van der Waals surface area contributed by atoms with Gasteiger partial charge in [0, 0.05) is 42.1 Å². The minimum atomic E-state index is -0.436. The number of hydrogen-bond acceptors (Lipinski definition) is 7. The second-order valence-corrected chi connectivity index (χ2v) is 10.8. The van der Waals surface area contributed by atoms with Crippen molar-refractivity contribution in [3.8, 4) is 11.3 Å². The maximum absolute atomic E-state index is 13.6. The molecule has 37 heavy (non-hydrogen) atoms. The minimum Gasteiger partial charge on any atom is -0.465 e. The van der Waals surface area contributed by atoms with Gasteiger partial charge in [0.25, 0.3) is 0 Å². The lowest BCUT2D eigenvalue weighted by atomic mass is 9.98. The van der Waals surface area contributed by atoms with E-state index in [1.807, 2.05) is 12.1 Å². The zero-order valence-corrected chi connectivity index (χ0v) is 21.8. The van der Waals surface area contributed by atoms with Gasteiger partial charge in [-0.2, -0.15) is 0 Å². The molecule has 3 aliphatic rings. The topological polar surface area (TPSA) is 81.9 Å². The minimum absolute atomic E-state index is 0.163. The predicted octanol–water partition coefficient (Wildman–Crippen LogP) is 6.67. The third-order valence-electron chi connectivity index (χ3n) is 7.62. The number of halogens is 2. The number of nitrogens with zero attached hydrogens (tertiary/aromatic N) is 2. The molecule has 0 radical (unpaired) electrons. The van der Waals surface area contributed by atoms with Gasteiger partial charge in [-0.15, -0.1) is 0 Å². The van der Waals surface area contributed by atoms with E-state index in [2.05, 4.69) is 10.1 Å². The summed E-state index contributed by atoms with van der Waals surface area (Å²) in [5.41, 5.74) is 2.76. The van der Waals surface area contributed by atoms with Crippen LogP contribution in [-0.4, -0.2) is 42.4 Å². The molecule has 0 N–H and O–H groups in total. The Bertz CT molecular complexity index is 1320. The second-order valence-electron chi connectivity index (χ2n) is 9.97. The number of hydrogen-bond donors (Lipinski definition) is 0. The van der Waals surface area contributed by atoms with Crippen molar-refractivity contribution in [1.82, 2.24) is 5.16 Å². The highest BCUT2D eigenvalue weighted by atomic mass is 35.5. The summed E-state index contributed by atoms with van der Waals surface area (Å²) in [5.74, 6) is -0.0653. The summed E-state index contributed by atoms with van der Waals surface area (Å²) < 4.78 is 16.6. The Morgan fingerprint density at radius 3 is 2.19 bits per heavy atom. The van der Waals surface area contributed by atoms with E-state index in [9.17, 15) is 9.59 Å². The number of aromatic nitrogens is 1. The zero-order chi connectivity index (χ0) is 25.7. The van der Waals surface area contributed by atoms with Gasteiger partial charge in [-0.05, 0) is 62.1 Å². The van der Waals surface area contributed by atoms with Gasteiger partial charge < -0.3 is 18.9 Å². The van der Waals surface area contributed by atoms with Crippen molar-refractivity contribution in [3.05, 3.63) is 69.4 Å². The van der Waals surface area contributed by atoms with Gasteiger partial charge in [-0.25, -0.2) is 9.59 Å². The van der Waals surface area contributed by atoms with Crippen LogP contribution < -0.4 is 4.90 Å². The quantitative estimate of drug-likeness (QED) is 0.323. The van der Waals surface area contributed by atoms with Crippen molar-refractivity contribution >= 4 is 40.8 Å². The maximum Gasteiger partial charge on any atom is 0.344 e. The van der Waals surface area contributed by atoms with E-state index >= 15 is 0 Å². The number of fused-ring (bicyclic) bond motifs is 2. The molecule has 192 valence electrons. The average molecular weight is 541 g/mol. The van der Waals surface area contributed by atoms with Gasteiger partial charge in [0.2, 0.25) is 0 Å². The van der Waals surface area contributed by atoms with Gasteiger partial charge in [-0.1, -0.05) is 34.4 Å². The van der Waals surface area contributed by atoms with Crippen molar-refractivity contribution in [1.29, 1.82) is 0 Å². The highest BCUT2D eigenvalue weighted by Crippen LogP contribution is 2.47.